The van der Waals surface area contributed by atoms with Crippen LogP contribution in [-0.4, -0.2) is 14.2 Å². The van der Waals surface area contributed by atoms with E-state index >= 15 is 0 Å². The van der Waals surface area contributed by atoms with Crippen LogP contribution in [0, 0.1) is 0 Å². The Labute approximate surface area is 99.0 Å². The van der Waals surface area contributed by atoms with Gasteiger partial charge in [0.25, 0.3) is 0 Å². The summed E-state index contributed by atoms with van der Waals surface area (Å²) in [6.07, 6.45) is 0. The molecule has 0 fully saturated rings. The number of methoxy groups -OCH3 is 1. The second kappa shape index (κ2) is 3.70. The summed E-state index contributed by atoms with van der Waals surface area (Å²) in [4.78, 5) is 0. The number of nitrogens with one attached hydrogen (secondary N) is 1. The van der Waals surface area contributed by atoms with Crippen molar-refractivity contribution in [3.05, 3.63) is 36.4 Å². The van der Waals surface area contributed by atoms with Crippen LogP contribution >= 0.6 is 0 Å². The third-order valence-electron chi connectivity index (χ3n) is 2.97. The molecule has 0 bridgehead atoms. The van der Waals surface area contributed by atoms with Crippen LogP contribution in [0.2, 0.25) is 0 Å². The molecular formula is C14H13NO2. The van der Waals surface area contributed by atoms with Gasteiger partial charge in [0.15, 0.2) is 0 Å². The fourth-order valence-corrected chi connectivity index (χ4v) is 2.12. The highest BCUT2D eigenvalue weighted by atomic mass is 16.5. The lowest BCUT2D eigenvalue weighted by atomic mass is 10.1. The lowest BCUT2D eigenvalue weighted by molar-refractivity contribution is 0.417. The highest BCUT2D eigenvalue weighted by Crippen LogP contribution is 2.35. The molecule has 3 rings (SSSR count). The highest BCUT2D eigenvalue weighted by molar-refractivity contribution is 6.06. The Bertz CT molecular complexity index is 685. The van der Waals surface area contributed by atoms with Gasteiger partial charge in [-0.2, -0.15) is 0 Å². The number of hydrogen-bond acceptors (Lipinski definition) is 3. The molecule has 0 amide bonds. The molecule has 2 aromatic carbocycles. The molecule has 0 atom stereocenters. The molecule has 3 heteroatoms. The van der Waals surface area contributed by atoms with E-state index in [2.05, 4.69) is 11.4 Å². The highest BCUT2D eigenvalue weighted by Gasteiger charge is 2.10. The number of ether oxygens (including phenoxy) is 1. The summed E-state index contributed by atoms with van der Waals surface area (Å²) in [5, 5.41) is 5.29. The number of anilines is 1. The second-order valence-corrected chi connectivity index (χ2v) is 3.90. The molecule has 0 aliphatic heterocycles. The van der Waals surface area contributed by atoms with Crippen molar-refractivity contribution in [2.45, 2.75) is 0 Å². The fraction of sp³-hybridized carbons (Fsp3) is 0.143. The number of fused-ring (bicyclic) bond motifs is 3. The predicted molar refractivity (Wildman–Crippen MR) is 69.8 cm³/mol. The minimum Gasteiger partial charge on any atom is -0.495 e. The summed E-state index contributed by atoms with van der Waals surface area (Å²) in [5.41, 5.74) is 2.70. The van der Waals surface area contributed by atoms with Crippen LogP contribution in [0.15, 0.2) is 40.8 Å². The normalized spacial score (nSPS) is 10.9. The van der Waals surface area contributed by atoms with Crippen molar-refractivity contribution in [2.24, 2.45) is 0 Å². The molecule has 1 aromatic heterocycles. The number of hydrogen-bond donors (Lipinski definition) is 1. The number of furan rings is 1. The molecule has 0 spiro atoms. The van der Waals surface area contributed by atoms with Crippen molar-refractivity contribution in [3.8, 4) is 5.75 Å². The number of para-hydroxylation sites is 1. The van der Waals surface area contributed by atoms with Crippen LogP contribution in [0.25, 0.3) is 21.9 Å². The average molecular weight is 227 g/mol. The maximum Gasteiger partial charge on any atom is 0.142 e. The van der Waals surface area contributed by atoms with Crippen molar-refractivity contribution in [3.63, 3.8) is 0 Å². The number of rotatable bonds is 2. The van der Waals surface area contributed by atoms with Crippen LogP contribution in [0.5, 0.6) is 5.75 Å². The van der Waals surface area contributed by atoms with Gasteiger partial charge in [-0.3, -0.25) is 0 Å². The maximum atomic E-state index is 5.80. The third-order valence-corrected chi connectivity index (χ3v) is 2.97. The first-order valence-electron chi connectivity index (χ1n) is 5.50. The van der Waals surface area contributed by atoms with Crippen LogP contribution in [0.4, 0.5) is 5.69 Å². The molecular weight excluding hydrogens is 214 g/mol. The van der Waals surface area contributed by atoms with Gasteiger partial charge in [-0.25, -0.2) is 0 Å². The Hall–Kier alpha value is -2.16. The molecule has 86 valence electrons. The first kappa shape index (κ1) is 10.0. The van der Waals surface area contributed by atoms with Crippen LogP contribution < -0.4 is 10.1 Å². The standard InChI is InChI=1S/C14H13NO2/c1-15-11-8-13-10(7-14(11)16-2)9-5-3-4-6-12(9)17-13/h3-8,15H,1-2H3. The van der Waals surface area contributed by atoms with Crippen molar-refractivity contribution in [1.82, 2.24) is 0 Å². The smallest absolute Gasteiger partial charge is 0.142 e. The second-order valence-electron chi connectivity index (χ2n) is 3.90. The van der Waals surface area contributed by atoms with Gasteiger partial charge in [0.2, 0.25) is 0 Å². The molecule has 3 nitrogen and oxygen atoms in total. The Morgan fingerprint density at radius 3 is 2.65 bits per heavy atom. The average Bonchev–Trinajstić information content (AvgIpc) is 2.74. The van der Waals surface area contributed by atoms with Crippen LogP contribution in [-0.2, 0) is 0 Å². The zero-order valence-corrected chi connectivity index (χ0v) is 9.78. The van der Waals surface area contributed by atoms with Gasteiger partial charge in [0, 0.05) is 23.9 Å². The molecule has 3 aromatic rings. The van der Waals surface area contributed by atoms with Gasteiger partial charge < -0.3 is 14.5 Å². The molecule has 1 N–H and O–H groups in total. The van der Waals surface area contributed by atoms with E-state index in [1.54, 1.807) is 7.11 Å². The molecule has 0 aliphatic rings. The maximum absolute atomic E-state index is 5.80. The molecule has 0 saturated carbocycles. The van der Waals surface area contributed by atoms with Gasteiger partial charge >= 0.3 is 0 Å². The van der Waals surface area contributed by atoms with Gasteiger partial charge in [0.05, 0.1) is 12.8 Å². The summed E-state index contributed by atoms with van der Waals surface area (Å²) < 4.78 is 11.2. The lowest BCUT2D eigenvalue weighted by Crippen LogP contribution is -1.92. The molecule has 1 heterocycles. The summed E-state index contributed by atoms with van der Waals surface area (Å²) >= 11 is 0. The van der Waals surface area contributed by atoms with Gasteiger partial charge in [0.1, 0.15) is 16.9 Å². The van der Waals surface area contributed by atoms with Gasteiger partial charge in [-0.15, -0.1) is 0 Å². The SMILES string of the molecule is CNc1cc2oc3ccccc3c2cc1OC. The van der Waals surface area contributed by atoms with E-state index in [4.69, 9.17) is 9.15 Å². The fourth-order valence-electron chi connectivity index (χ4n) is 2.12. The first-order valence-corrected chi connectivity index (χ1v) is 5.50. The number of benzene rings is 2. The van der Waals surface area contributed by atoms with Crippen molar-refractivity contribution in [1.29, 1.82) is 0 Å². The topological polar surface area (TPSA) is 34.4 Å². The summed E-state index contributed by atoms with van der Waals surface area (Å²) in [5.74, 6) is 0.826. The molecule has 0 unspecified atom stereocenters. The first-order chi connectivity index (χ1) is 8.33. The quantitative estimate of drug-likeness (QED) is 0.725. The van der Waals surface area contributed by atoms with E-state index in [1.807, 2.05) is 37.4 Å². The van der Waals surface area contributed by atoms with Crippen molar-refractivity contribution >= 4 is 27.6 Å². The van der Waals surface area contributed by atoms with E-state index in [-0.39, 0.29) is 0 Å². The Morgan fingerprint density at radius 2 is 1.88 bits per heavy atom. The molecule has 0 aliphatic carbocycles. The summed E-state index contributed by atoms with van der Waals surface area (Å²) in [7, 11) is 3.54. The minimum absolute atomic E-state index is 0.826. The Morgan fingerprint density at radius 1 is 1.06 bits per heavy atom. The zero-order chi connectivity index (χ0) is 11.8. The Balaban J connectivity index is 2.41. The van der Waals surface area contributed by atoms with E-state index in [9.17, 15) is 0 Å². The third kappa shape index (κ3) is 1.43. The van der Waals surface area contributed by atoms with E-state index in [1.165, 1.54) is 0 Å². The van der Waals surface area contributed by atoms with Crippen molar-refractivity contribution in [2.75, 3.05) is 19.5 Å². The minimum atomic E-state index is 0.826. The van der Waals surface area contributed by atoms with E-state index in [0.717, 1.165) is 33.4 Å². The van der Waals surface area contributed by atoms with Crippen LogP contribution in [0.1, 0.15) is 0 Å². The molecule has 17 heavy (non-hydrogen) atoms. The predicted octanol–water partition coefficient (Wildman–Crippen LogP) is 3.64. The van der Waals surface area contributed by atoms with E-state index < -0.39 is 0 Å². The molecule has 0 saturated heterocycles. The Kier molecular flexibility index (Phi) is 2.18. The largest absolute Gasteiger partial charge is 0.495 e. The van der Waals surface area contributed by atoms with Crippen LogP contribution in [0.3, 0.4) is 0 Å². The monoisotopic (exact) mass is 227 g/mol. The molecule has 0 radical (unpaired) electrons. The van der Waals surface area contributed by atoms with E-state index in [0.29, 0.717) is 0 Å². The lowest BCUT2D eigenvalue weighted by Gasteiger charge is -2.07. The zero-order valence-electron chi connectivity index (χ0n) is 9.78. The van der Waals surface area contributed by atoms with Gasteiger partial charge in [-0.05, 0) is 12.1 Å². The van der Waals surface area contributed by atoms with Gasteiger partial charge in [-0.1, -0.05) is 18.2 Å². The summed E-state index contributed by atoms with van der Waals surface area (Å²) in [6, 6.07) is 12.0. The van der Waals surface area contributed by atoms with Crippen molar-refractivity contribution < 1.29 is 9.15 Å². The summed E-state index contributed by atoms with van der Waals surface area (Å²) in [6.45, 7) is 0.